The van der Waals surface area contributed by atoms with E-state index in [0.717, 1.165) is 17.5 Å². The van der Waals surface area contributed by atoms with Crippen molar-refractivity contribution in [3.05, 3.63) is 35.4 Å². The topological polar surface area (TPSA) is 52.3 Å². The van der Waals surface area contributed by atoms with Crippen LogP contribution in [0.2, 0.25) is 0 Å². The molecule has 0 aliphatic carbocycles. The Labute approximate surface area is 103 Å². The molecule has 1 aromatic rings. The third-order valence-electron chi connectivity index (χ3n) is 2.63. The Kier molecular flexibility index (Phi) is 5.70. The highest BCUT2D eigenvalue weighted by Crippen LogP contribution is 2.09. The van der Waals surface area contributed by atoms with Crippen LogP contribution in [0, 0.1) is 5.92 Å². The van der Waals surface area contributed by atoms with E-state index in [1.165, 1.54) is 0 Å². The van der Waals surface area contributed by atoms with Gasteiger partial charge in [-0.15, -0.1) is 0 Å². The lowest BCUT2D eigenvalue weighted by Gasteiger charge is -2.09. The van der Waals surface area contributed by atoms with Gasteiger partial charge >= 0.3 is 5.97 Å². The number of hydrogen-bond donors (Lipinski definition) is 1. The summed E-state index contributed by atoms with van der Waals surface area (Å²) in [6.45, 7) is 5.17. The van der Waals surface area contributed by atoms with Gasteiger partial charge in [0, 0.05) is 6.54 Å². The number of hydrogen-bond acceptors (Lipinski definition) is 3. The Morgan fingerprint density at radius 3 is 2.53 bits per heavy atom. The van der Waals surface area contributed by atoms with Crippen molar-refractivity contribution in [2.75, 3.05) is 6.61 Å². The minimum atomic E-state index is -0.174. The summed E-state index contributed by atoms with van der Waals surface area (Å²) in [5.74, 6) is 0.380. The van der Waals surface area contributed by atoms with Gasteiger partial charge in [0.25, 0.3) is 0 Å². The summed E-state index contributed by atoms with van der Waals surface area (Å²) in [4.78, 5) is 11.6. The molecule has 0 aliphatic heterocycles. The number of esters is 1. The second-order valence-electron chi connectivity index (χ2n) is 4.55. The molecule has 0 heterocycles. The van der Waals surface area contributed by atoms with Gasteiger partial charge in [0.15, 0.2) is 0 Å². The van der Waals surface area contributed by atoms with E-state index >= 15 is 0 Å². The van der Waals surface area contributed by atoms with Crippen molar-refractivity contribution < 1.29 is 9.53 Å². The van der Waals surface area contributed by atoms with Crippen LogP contribution in [-0.4, -0.2) is 12.6 Å². The van der Waals surface area contributed by atoms with Gasteiger partial charge < -0.3 is 10.5 Å². The zero-order chi connectivity index (χ0) is 12.7. The molecule has 3 heteroatoms. The quantitative estimate of drug-likeness (QED) is 0.770. The molecule has 94 valence electrons. The van der Waals surface area contributed by atoms with Crippen molar-refractivity contribution in [3.63, 3.8) is 0 Å². The fourth-order valence-corrected chi connectivity index (χ4v) is 1.54. The summed E-state index contributed by atoms with van der Waals surface area (Å²) in [6, 6.07) is 7.70. The molecule has 0 spiro atoms. The van der Waals surface area contributed by atoms with E-state index in [1.807, 2.05) is 24.3 Å². The Morgan fingerprint density at radius 2 is 1.94 bits per heavy atom. The van der Waals surface area contributed by atoms with E-state index in [1.54, 1.807) is 0 Å². The molecular formula is C14H21NO2. The van der Waals surface area contributed by atoms with E-state index in [2.05, 4.69) is 13.8 Å². The minimum absolute atomic E-state index is 0.174. The molecule has 1 rings (SSSR count). The molecule has 17 heavy (non-hydrogen) atoms. The van der Waals surface area contributed by atoms with Crippen molar-refractivity contribution in [1.29, 1.82) is 0 Å². The summed E-state index contributed by atoms with van der Waals surface area (Å²) in [7, 11) is 0. The molecule has 0 atom stereocenters. The zero-order valence-corrected chi connectivity index (χ0v) is 10.6. The highest BCUT2D eigenvalue weighted by Gasteiger charge is 2.08. The first-order valence-electron chi connectivity index (χ1n) is 6.06. The summed E-state index contributed by atoms with van der Waals surface area (Å²) >= 11 is 0. The molecule has 0 saturated heterocycles. The maximum absolute atomic E-state index is 11.6. The van der Waals surface area contributed by atoms with Gasteiger partial charge in [0.05, 0.1) is 13.0 Å². The van der Waals surface area contributed by atoms with E-state index in [9.17, 15) is 4.79 Å². The first kappa shape index (κ1) is 13.7. The minimum Gasteiger partial charge on any atom is -0.465 e. The lowest BCUT2D eigenvalue weighted by molar-refractivity contribution is -0.143. The number of carbonyl (C=O) groups is 1. The van der Waals surface area contributed by atoms with Gasteiger partial charge in [-0.3, -0.25) is 4.79 Å². The maximum Gasteiger partial charge on any atom is 0.310 e. The Balaban J connectivity index is 2.45. The largest absolute Gasteiger partial charge is 0.465 e. The number of ether oxygens (including phenoxy) is 1. The second kappa shape index (κ2) is 7.07. The SMILES string of the molecule is CC(C)CCOC(=O)Cc1ccccc1CN. The molecule has 0 bridgehead atoms. The average Bonchev–Trinajstić information content (AvgIpc) is 2.29. The Morgan fingerprint density at radius 1 is 1.29 bits per heavy atom. The van der Waals surface area contributed by atoms with Gasteiger partial charge in [-0.05, 0) is 23.5 Å². The first-order chi connectivity index (χ1) is 8.13. The standard InChI is InChI=1S/C14H21NO2/c1-11(2)7-8-17-14(16)9-12-5-3-4-6-13(12)10-15/h3-6,11H,7-10,15H2,1-2H3. The monoisotopic (exact) mass is 235 g/mol. The van der Waals surface area contributed by atoms with Crippen LogP contribution in [0.25, 0.3) is 0 Å². The van der Waals surface area contributed by atoms with Crippen LogP contribution in [0.5, 0.6) is 0 Å². The van der Waals surface area contributed by atoms with Crippen LogP contribution in [0.3, 0.4) is 0 Å². The molecule has 0 amide bonds. The van der Waals surface area contributed by atoms with Crippen molar-refractivity contribution in [2.24, 2.45) is 11.7 Å². The van der Waals surface area contributed by atoms with Crippen LogP contribution >= 0.6 is 0 Å². The van der Waals surface area contributed by atoms with Crippen LogP contribution in [-0.2, 0) is 22.5 Å². The Hall–Kier alpha value is -1.35. The molecule has 0 aliphatic rings. The zero-order valence-electron chi connectivity index (χ0n) is 10.6. The predicted octanol–water partition coefficient (Wildman–Crippen LogP) is 2.28. The summed E-state index contributed by atoms with van der Waals surface area (Å²) in [5.41, 5.74) is 7.58. The fourth-order valence-electron chi connectivity index (χ4n) is 1.54. The van der Waals surface area contributed by atoms with E-state index in [-0.39, 0.29) is 5.97 Å². The van der Waals surface area contributed by atoms with Crippen molar-refractivity contribution in [1.82, 2.24) is 0 Å². The van der Waals surface area contributed by atoms with E-state index in [4.69, 9.17) is 10.5 Å². The summed E-state index contributed by atoms with van der Waals surface area (Å²) < 4.78 is 5.18. The van der Waals surface area contributed by atoms with Crippen LogP contribution < -0.4 is 5.73 Å². The summed E-state index contributed by atoms with van der Waals surface area (Å²) in [6.07, 6.45) is 1.22. The van der Waals surface area contributed by atoms with Crippen molar-refractivity contribution in [3.8, 4) is 0 Å². The van der Waals surface area contributed by atoms with Gasteiger partial charge in [-0.25, -0.2) is 0 Å². The lowest BCUT2D eigenvalue weighted by Crippen LogP contribution is -2.12. The normalized spacial score (nSPS) is 10.6. The Bertz CT molecular complexity index is 361. The third kappa shape index (κ3) is 5.00. The van der Waals surface area contributed by atoms with Crippen molar-refractivity contribution >= 4 is 5.97 Å². The molecule has 0 unspecified atom stereocenters. The van der Waals surface area contributed by atoms with Crippen molar-refractivity contribution in [2.45, 2.75) is 33.2 Å². The van der Waals surface area contributed by atoms with Gasteiger partial charge in [0.2, 0.25) is 0 Å². The molecule has 1 aromatic carbocycles. The van der Waals surface area contributed by atoms with E-state index in [0.29, 0.717) is 25.5 Å². The van der Waals surface area contributed by atoms with Gasteiger partial charge in [0.1, 0.15) is 0 Å². The first-order valence-corrected chi connectivity index (χ1v) is 6.06. The highest BCUT2D eigenvalue weighted by molar-refractivity contribution is 5.73. The fraction of sp³-hybridized carbons (Fsp3) is 0.500. The highest BCUT2D eigenvalue weighted by atomic mass is 16.5. The average molecular weight is 235 g/mol. The smallest absolute Gasteiger partial charge is 0.310 e. The molecular weight excluding hydrogens is 214 g/mol. The maximum atomic E-state index is 11.6. The molecule has 0 aromatic heterocycles. The van der Waals surface area contributed by atoms with Gasteiger partial charge in [-0.2, -0.15) is 0 Å². The second-order valence-corrected chi connectivity index (χ2v) is 4.55. The van der Waals surface area contributed by atoms with Crippen LogP contribution in [0.4, 0.5) is 0 Å². The third-order valence-corrected chi connectivity index (χ3v) is 2.63. The molecule has 0 fully saturated rings. The lowest BCUT2D eigenvalue weighted by atomic mass is 10.1. The number of nitrogens with two attached hydrogens (primary N) is 1. The molecule has 0 radical (unpaired) electrons. The van der Waals surface area contributed by atoms with Gasteiger partial charge in [-0.1, -0.05) is 38.1 Å². The predicted molar refractivity (Wildman–Crippen MR) is 68.5 cm³/mol. The molecule has 2 N–H and O–H groups in total. The number of carbonyl (C=O) groups excluding carboxylic acids is 1. The van der Waals surface area contributed by atoms with Crippen LogP contribution in [0.1, 0.15) is 31.4 Å². The van der Waals surface area contributed by atoms with Crippen LogP contribution in [0.15, 0.2) is 24.3 Å². The number of benzene rings is 1. The van der Waals surface area contributed by atoms with E-state index < -0.39 is 0 Å². The number of rotatable bonds is 6. The summed E-state index contributed by atoms with van der Waals surface area (Å²) in [5, 5.41) is 0. The molecule has 3 nitrogen and oxygen atoms in total. The molecule has 0 saturated carbocycles.